The summed E-state index contributed by atoms with van der Waals surface area (Å²) in [6.45, 7) is 0.300. The second-order valence-electron chi connectivity index (χ2n) is 2.86. The van der Waals surface area contributed by atoms with Crippen molar-refractivity contribution in [3.8, 4) is 11.4 Å². The molecule has 0 aliphatic heterocycles. The predicted octanol–water partition coefficient (Wildman–Crippen LogP) is 0.432. The molecule has 1 aromatic heterocycles. The van der Waals surface area contributed by atoms with Gasteiger partial charge in [0.15, 0.2) is 0 Å². The number of phenolic OH excluding ortho intramolecular Hbond substituents is 1. The molecule has 0 unspecified atom stereocenters. The zero-order chi connectivity index (χ0) is 9.97. The van der Waals surface area contributed by atoms with E-state index >= 15 is 0 Å². The highest BCUT2D eigenvalue weighted by Gasteiger charge is 2.02. The van der Waals surface area contributed by atoms with Crippen molar-refractivity contribution < 1.29 is 5.11 Å². The smallest absolute Gasteiger partial charge is 0.138 e. The van der Waals surface area contributed by atoms with Crippen LogP contribution in [0.25, 0.3) is 5.69 Å². The van der Waals surface area contributed by atoms with E-state index in [1.165, 1.54) is 6.33 Å². The molecule has 0 saturated heterocycles. The fraction of sp³-hybridized carbons (Fsp3) is 0.111. The minimum absolute atomic E-state index is 0.205. The summed E-state index contributed by atoms with van der Waals surface area (Å²) >= 11 is 0. The summed E-state index contributed by atoms with van der Waals surface area (Å²) in [6, 6.07) is 5.13. The predicted molar refractivity (Wildman–Crippen MR) is 50.9 cm³/mol. The average Bonchev–Trinajstić information content (AvgIpc) is 2.71. The Kier molecular flexibility index (Phi) is 2.16. The first-order chi connectivity index (χ1) is 6.81. The highest BCUT2D eigenvalue weighted by molar-refractivity contribution is 5.42. The van der Waals surface area contributed by atoms with E-state index in [0.717, 1.165) is 5.69 Å². The van der Waals surface area contributed by atoms with Crippen molar-refractivity contribution in [2.45, 2.75) is 6.54 Å². The Labute approximate surface area is 80.8 Å². The molecule has 0 saturated carbocycles. The number of phenols is 1. The van der Waals surface area contributed by atoms with Crippen molar-refractivity contribution in [2.75, 3.05) is 0 Å². The Morgan fingerprint density at radius 3 is 2.93 bits per heavy atom. The van der Waals surface area contributed by atoms with Crippen LogP contribution in [0.4, 0.5) is 0 Å². The quantitative estimate of drug-likeness (QED) is 0.720. The molecule has 0 radical (unpaired) electrons. The topological polar surface area (TPSA) is 77.0 Å². The molecule has 1 aromatic carbocycles. The summed E-state index contributed by atoms with van der Waals surface area (Å²) in [5.74, 6) is 0.205. The maximum atomic E-state index is 9.41. The number of hydrogen-bond acceptors (Lipinski definition) is 4. The van der Waals surface area contributed by atoms with Gasteiger partial charge < -0.3 is 10.8 Å². The number of rotatable bonds is 2. The molecule has 0 amide bonds. The Morgan fingerprint density at radius 1 is 1.43 bits per heavy atom. The average molecular weight is 190 g/mol. The first kappa shape index (κ1) is 8.71. The normalized spacial score (nSPS) is 10.4. The second kappa shape index (κ2) is 3.47. The molecule has 2 rings (SSSR count). The molecule has 14 heavy (non-hydrogen) atoms. The maximum absolute atomic E-state index is 9.41. The van der Waals surface area contributed by atoms with E-state index in [1.54, 1.807) is 29.2 Å². The number of hydrogen-bond donors (Lipinski definition) is 2. The van der Waals surface area contributed by atoms with E-state index in [9.17, 15) is 5.11 Å². The molecule has 0 aliphatic carbocycles. The van der Waals surface area contributed by atoms with Crippen LogP contribution in [-0.4, -0.2) is 19.9 Å². The first-order valence-corrected chi connectivity index (χ1v) is 4.18. The molecule has 0 spiro atoms. The monoisotopic (exact) mass is 190 g/mol. The molecular formula is C9H10N4O. The van der Waals surface area contributed by atoms with Crippen LogP contribution in [0, 0.1) is 0 Å². The van der Waals surface area contributed by atoms with E-state index in [2.05, 4.69) is 10.1 Å². The van der Waals surface area contributed by atoms with Gasteiger partial charge in [0.25, 0.3) is 0 Å². The van der Waals surface area contributed by atoms with Gasteiger partial charge in [-0.2, -0.15) is 5.10 Å². The Bertz CT molecular complexity index is 424. The lowest BCUT2D eigenvalue weighted by molar-refractivity contribution is 0.468. The number of nitrogens with two attached hydrogens (primary N) is 1. The first-order valence-electron chi connectivity index (χ1n) is 4.18. The van der Waals surface area contributed by atoms with Crippen molar-refractivity contribution >= 4 is 0 Å². The molecular weight excluding hydrogens is 180 g/mol. The van der Waals surface area contributed by atoms with Gasteiger partial charge in [0, 0.05) is 12.1 Å². The molecule has 0 bridgehead atoms. The van der Waals surface area contributed by atoms with Gasteiger partial charge in [-0.05, 0) is 18.2 Å². The SMILES string of the molecule is NCc1cc(-n2cncn2)ccc1O. The summed E-state index contributed by atoms with van der Waals surface area (Å²) in [5, 5.41) is 13.4. The van der Waals surface area contributed by atoms with Crippen molar-refractivity contribution in [3.05, 3.63) is 36.4 Å². The molecule has 1 heterocycles. The molecule has 5 nitrogen and oxygen atoms in total. The molecule has 0 atom stereocenters. The Balaban J connectivity index is 2.46. The maximum Gasteiger partial charge on any atom is 0.138 e. The minimum Gasteiger partial charge on any atom is -0.508 e. The third-order valence-electron chi connectivity index (χ3n) is 1.97. The number of aromatic nitrogens is 3. The standard InChI is InChI=1S/C9H10N4O/c10-4-7-3-8(1-2-9(7)14)13-6-11-5-12-13/h1-3,5-6,14H,4,10H2. The van der Waals surface area contributed by atoms with Gasteiger partial charge in [0.1, 0.15) is 18.4 Å². The van der Waals surface area contributed by atoms with Gasteiger partial charge in [-0.25, -0.2) is 9.67 Å². The third kappa shape index (κ3) is 1.45. The largest absolute Gasteiger partial charge is 0.508 e. The van der Waals surface area contributed by atoms with Gasteiger partial charge in [-0.15, -0.1) is 0 Å². The van der Waals surface area contributed by atoms with Crippen LogP contribution >= 0.6 is 0 Å². The molecule has 72 valence electrons. The van der Waals surface area contributed by atoms with E-state index < -0.39 is 0 Å². The molecule has 2 aromatic rings. The van der Waals surface area contributed by atoms with Crippen LogP contribution in [0.1, 0.15) is 5.56 Å². The van der Waals surface area contributed by atoms with Crippen molar-refractivity contribution in [1.29, 1.82) is 0 Å². The summed E-state index contributed by atoms with van der Waals surface area (Å²) in [5.41, 5.74) is 6.99. The van der Waals surface area contributed by atoms with Crippen LogP contribution in [-0.2, 0) is 6.54 Å². The number of benzene rings is 1. The van der Waals surface area contributed by atoms with Gasteiger partial charge in [0.05, 0.1) is 5.69 Å². The molecule has 5 heteroatoms. The number of nitrogens with zero attached hydrogens (tertiary/aromatic N) is 3. The lowest BCUT2D eigenvalue weighted by Crippen LogP contribution is -2.00. The molecule has 0 fully saturated rings. The highest BCUT2D eigenvalue weighted by Crippen LogP contribution is 2.19. The Morgan fingerprint density at radius 2 is 2.29 bits per heavy atom. The molecule has 0 aliphatic rings. The second-order valence-corrected chi connectivity index (χ2v) is 2.86. The Hall–Kier alpha value is -1.88. The van der Waals surface area contributed by atoms with Gasteiger partial charge in [-0.1, -0.05) is 0 Å². The van der Waals surface area contributed by atoms with E-state index in [0.29, 0.717) is 12.1 Å². The van der Waals surface area contributed by atoms with Crippen LogP contribution in [0.2, 0.25) is 0 Å². The summed E-state index contributed by atoms with van der Waals surface area (Å²) in [6.07, 6.45) is 3.04. The lowest BCUT2D eigenvalue weighted by atomic mass is 10.2. The van der Waals surface area contributed by atoms with E-state index in [1.807, 2.05) is 0 Å². The van der Waals surface area contributed by atoms with Crippen LogP contribution < -0.4 is 5.73 Å². The van der Waals surface area contributed by atoms with Crippen molar-refractivity contribution in [1.82, 2.24) is 14.8 Å². The summed E-state index contributed by atoms with van der Waals surface area (Å²) < 4.78 is 1.61. The number of aromatic hydroxyl groups is 1. The molecule has 3 N–H and O–H groups in total. The zero-order valence-electron chi connectivity index (χ0n) is 7.46. The van der Waals surface area contributed by atoms with Gasteiger partial charge in [-0.3, -0.25) is 0 Å². The third-order valence-corrected chi connectivity index (χ3v) is 1.97. The summed E-state index contributed by atoms with van der Waals surface area (Å²) in [4.78, 5) is 3.83. The van der Waals surface area contributed by atoms with E-state index in [4.69, 9.17) is 5.73 Å². The fourth-order valence-electron chi connectivity index (χ4n) is 1.22. The van der Waals surface area contributed by atoms with Crippen LogP contribution in [0.15, 0.2) is 30.9 Å². The van der Waals surface area contributed by atoms with Crippen LogP contribution in [0.3, 0.4) is 0 Å². The fourth-order valence-corrected chi connectivity index (χ4v) is 1.22. The van der Waals surface area contributed by atoms with E-state index in [-0.39, 0.29) is 5.75 Å². The summed E-state index contributed by atoms with van der Waals surface area (Å²) in [7, 11) is 0. The van der Waals surface area contributed by atoms with Crippen molar-refractivity contribution in [2.24, 2.45) is 5.73 Å². The van der Waals surface area contributed by atoms with Gasteiger partial charge >= 0.3 is 0 Å². The highest BCUT2D eigenvalue weighted by atomic mass is 16.3. The van der Waals surface area contributed by atoms with Gasteiger partial charge in [0.2, 0.25) is 0 Å². The minimum atomic E-state index is 0.205. The van der Waals surface area contributed by atoms with Crippen LogP contribution in [0.5, 0.6) is 5.75 Å². The van der Waals surface area contributed by atoms with Crippen molar-refractivity contribution in [3.63, 3.8) is 0 Å². The zero-order valence-corrected chi connectivity index (χ0v) is 7.46. The lowest BCUT2D eigenvalue weighted by Gasteiger charge is -2.04.